The Morgan fingerprint density at radius 1 is 1.25 bits per heavy atom. The van der Waals surface area contributed by atoms with Crippen LogP contribution in [0.5, 0.6) is 5.75 Å². The van der Waals surface area contributed by atoms with E-state index in [1.54, 1.807) is 0 Å². The highest BCUT2D eigenvalue weighted by Crippen LogP contribution is 2.31. The molecule has 1 aromatic carbocycles. The van der Waals surface area contributed by atoms with Gasteiger partial charge in [0.25, 0.3) is 0 Å². The van der Waals surface area contributed by atoms with Gasteiger partial charge in [0.2, 0.25) is 0 Å². The molecule has 90 valence electrons. The number of benzene rings is 1. The molecule has 0 aromatic heterocycles. The monoisotopic (exact) mass is 322 g/mol. The van der Waals surface area contributed by atoms with Gasteiger partial charge in [0.1, 0.15) is 5.82 Å². The quantitative estimate of drug-likeness (QED) is 0.478. The SMILES string of the molecule is O=S(=O)(Oc1ccc(F)cc1Br)C(F)(F)F. The smallest absolute Gasteiger partial charge is 0.375 e. The molecule has 0 heterocycles. The van der Waals surface area contributed by atoms with E-state index in [4.69, 9.17) is 0 Å². The number of hydrogen-bond acceptors (Lipinski definition) is 3. The van der Waals surface area contributed by atoms with Gasteiger partial charge in [-0.05, 0) is 34.1 Å². The minimum absolute atomic E-state index is 0.236. The van der Waals surface area contributed by atoms with Gasteiger partial charge in [0.05, 0.1) is 4.47 Å². The van der Waals surface area contributed by atoms with Gasteiger partial charge in [-0.2, -0.15) is 21.6 Å². The zero-order valence-electron chi connectivity index (χ0n) is 7.25. The molecule has 3 nitrogen and oxygen atoms in total. The molecule has 1 rings (SSSR count). The maximum absolute atomic E-state index is 12.6. The van der Waals surface area contributed by atoms with Crippen molar-refractivity contribution in [3.8, 4) is 5.75 Å². The maximum Gasteiger partial charge on any atom is 0.534 e. The van der Waals surface area contributed by atoms with Crippen molar-refractivity contribution in [2.24, 2.45) is 0 Å². The van der Waals surface area contributed by atoms with Crippen LogP contribution in [0.25, 0.3) is 0 Å². The Morgan fingerprint density at radius 3 is 2.25 bits per heavy atom. The van der Waals surface area contributed by atoms with E-state index < -0.39 is 27.2 Å². The van der Waals surface area contributed by atoms with Crippen molar-refractivity contribution in [2.45, 2.75) is 5.51 Å². The fourth-order valence-electron chi connectivity index (χ4n) is 0.708. The second-order valence-corrected chi connectivity index (χ2v) is 4.95. The van der Waals surface area contributed by atoms with Crippen molar-refractivity contribution in [3.05, 3.63) is 28.5 Å². The molecule has 0 bridgehead atoms. The molecule has 0 radical (unpaired) electrons. The lowest BCUT2D eigenvalue weighted by molar-refractivity contribution is -0.0500. The first kappa shape index (κ1) is 13.2. The highest BCUT2D eigenvalue weighted by molar-refractivity contribution is 9.10. The zero-order valence-corrected chi connectivity index (χ0v) is 9.66. The van der Waals surface area contributed by atoms with Crippen molar-refractivity contribution in [1.29, 1.82) is 0 Å². The maximum atomic E-state index is 12.6. The minimum Gasteiger partial charge on any atom is -0.375 e. The zero-order chi connectivity index (χ0) is 12.6. The first-order chi connectivity index (χ1) is 7.13. The molecule has 0 aliphatic rings. The van der Waals surface area contributed by atoms with E-state index >= 15 is 0 Å². The molecule has 16 heavy (non-hydrogen) atoms. The predicted molar refractivity (Wildman–Crippen MR) is 49.7 cm³/mol. The van der Waals surface area contributed by atoms with E-state index in [2.05, 4.69) is 20.1 Å². The van der Waals surface area contributed by atoms with Gasteiger partial charge in [0.15, 0.2) is 5.75 Å². The van der Waals surface area contributed by atoms with E-state index in [-0.39, 0.29) is 4.47 Å². The average molecular weight is 323 g/mol. The van der Waals surface area contributed by atoms with Crippen LogP contribution in [0.4, 0.5) is 17.6 Å². The lowest BCUT2D eigenvalue weighted by atomic mass is 10.3. The summed E-state index contributed by atoms with van der Waals surface area (Å²) in [7, 11) is -5.74. The fraction of sp³-hybridized carbons (Fsp3) is 0.143. The van der Waals surface area contributed by atoms with E-state index in [0.717, 1.165) is 18.2 Å². The second kappa shape index (κ2) is 4.21. The molecule has 0 fully saturated rings. The van der Waals surface area contributed by atoms with E-state index in [0.29, 0.717) is 0 Å². The van der Waals surface area contributed by atoms with Crippen molar-refractivity contribution < 1.29 is 30.2 Å². The number of rotatable bonds is 2. The number of hydrogen-bond donors (Lipinski definition) is 0. The molecular weight excluding hydrogens is 320 g/mol. The van der Waals surface area contributed by atoms with Crippen LogP contribution in [0.2, 0.25) is 0 Å². The van der Waals surface area contributed by atoms with Gasteiger partial charge in [-0.25, -0.2) is 4.39 Å². The molecule has 0 atom stereocenters. The number of alkyl halides is 3. The van der Waals surface area contributed by atoms with Crippen molar-refractivity contribution in [3.63, 3.8) is 0 Å². The summed E-state index contributed by atoms with van der Waals surface area (Å²) in [5.74, 6) is -1.39. The Balaban J connectivity index is 3.07. The second-order valence-electron chi connectivity index (χ2n) is 2.56. The molecule has 0 spiro atoms. The van der Waals surface area contributed by atoms with Crippen molar-refractivity contribution >= 4 is 26.0 Å². The van der Waals surface area contributed by atoms with Crippen LogP contribution in [-0.2, 0) is 10.1 Å². The minimum atomic E-state index is -5.74. The van der Waals surface area contributed by atoms with Crippen LogP contribution < -0.4 is 4.18 Å². The van der Waals surface area contributed by atoms with Crippen LogP contribution in [0, 0.1) is 5.82 Å². The molecule has 0 aliphatic carbocycles. The summed E-state index contributed by atoms with van der Waals surface area (Å²) in [5.41, 5.74) is -5.53. The third kappa shape index (κ3) is 2.85. The first-order valence-electron chi connectivity index (χ1n) is 3.59. The largest absolute Gasteiger partial charge is 0.534 e. The summed E-state index contributed by atoms with van der Waals surface area (Å²) in [4.78, 5) is 0. The predicted octanol–water partition coefficient (Wildman–Crippen LogP) is 2.82. The van der Waals surface area contributed by atoms with E-state index in [1.807, 2.05) is 0 Å². The molecule has 0 amide bonds. The van der Waals surface area contributed by atoms with Crippen molar-refractivity contribution in [1.82, 2.24) is 0 Å². The van der Waals surface area contributed by atoms with Gasteiger partial charge in [-0.1, -0.05) is 0 Å². The lowest BCUT2D eigenvalue weighted by Crippen LogP contribution is -2.28. The van der Waals surface area contributed by atoms with Gasteiger partial charge in [0, 0.05) is 0 Å². The van der Waals surface area contributed by atoms with E-state index in [1.165, 1.54) is 0 Å². The molecular formula is C7H3BrF4O3S. The summed E-state index contributed by atoms with van der Waals surface area (Å²) >= 11 is 2.67. The van der Waals surface area contributed by atoms with Gasteiger partial charge >= 0.3 is 15.6 Å². The topological polar surface area (TPSA) is 43.4 Å². The molecule has 0 unspecified atom stereocenters. The average Bonchev–Trinajstić information content (AvgIpc) is 2.08. The summed E-state index contributed by atoms with van der Waals surface area (Å²) in [6.07, 6.45) is 0. The van der Waals surface area contributed by atoms with Crippen LogP contribution in [0.15, 0.2) is 22.7 Å². The highest BCUT2D eigenvalue weighted by Gasteiger charge is 2.48. The Kier molecular flexibility index (Phi) is 3.48. The van der Waals surface area contributed by atoms with Gasteiger partial charge in [-0.3, -0.25) is 0 Å². The Bertz CT molecular complexity index is 497. The third-order valence-electron chi connectivity index (χ3n) is 1.38. The third-order valence-corrected chi connectivity index (χ3v) is 2.96. The highest BCUT2D eigenvalue weighted by atomic mass is 79.9. The van der Waals surface area contributed by atoms with Crippen LogP contribution in [0.1, 0.15) is 0 Å². The Morgan fingerprint density at radius 2 is 1.81 bits per heavy atom. The van der Waals surface area contributed by atoms with Crippen LogP contribution in [0.3, 0.4) is 0 Å². The normalized spacial score (nSPS) is 12.6. The summed E-state index contributed by atoms with van der Waals surface area (Å²) in [6.45, 7) is 0. The Labute approximate surface area is 96.3 Å². The van der Waals surface area contributed by atoms with Crippen LogP contribution in [-0.4, -0.2) is 13.9 Å². The number of halogens is 5. The molecule has 9 heteroatoms. The fourth-order valence-corrected chi connectivity index (χ4v) is 1.72. The lowest BCUT2D eigenvalue weighted by Gasteiger charge is -2.10. The van der Waals surface area contributed by atoms with Crippen LogP contribution >= 0.6 is 15.9 Å². The Hall–Kier alpha value is -0.830. The molecule has 1 aromatic rings. The van der Waals surface area contributed by atoms with E-state index in [9.17, 15) is 26.0 Å². The summed E-state index contributed by atoms with van der Waals surface area (Å²) < 4.78 is 73.1. The molecule has 0 saturated heterocycles. The van der Waals surface area contributed by atoms with Gasteiger partial charge in [-0.15, -0.1) is 0 Å². The first-order valence-corrected chi connectivity index (χ1v) is 5.79. The molecule has 0 aliphatic heterocycles. The summed E-state index contributed by atoms with van der Waals surface area (Å²) in [6, 6.07) is 2.32. The van der Waals surface area contributed by atoms with Gasteiger partial charge < -0.3 is 4.18 Å². The van der Waals surface area contributed by atoms with Crippen molar-refractivity contribution in [2.75, 3.05) is 0 Å². The molecule has 0 N–H and O–H groups in total. The summed E-state index contributed by atoms with van der Waals surface area (Å²) in [5, 5.41) is 0. The molecule has 0 saturated carbocycles. The standard InChI is InChI=1S/C7H3BrF4O3S/c8-5-3-4(9)1-2-6(5)15-16(13,14)7(10,11)12/h1-3H.